The molecular weight excluding hydrogens is 344 g/mol. The molecular formula is C17H22N2O5S. The first-order valence-corrected chi connectivity index (χ1v) is 9.77. The monoisotopic (exact) mass is 366 g/mol. The van der Waals surface area contributed by atoms with E-state index in [1.54, 1.807) is 20.0 Å². The zero-order valence-electron chi connectivity index (χ0n) is 14.2. The van der Waals surface area contributed by atoms with E-state index in [9.17, 15) is 23.1 Å². The maximum absolute atomic E-state index is 12.0. The standard InChI is InChI=1S/C17H22N2O5S/c1-11(2)9-25(23,24)10-16(20)19-15(17(21)22)7-12-8-18-14-6-4-3-5-13(12)14/h3-6,8,11,15,18H,7,9-10H2,1-2H3,(H,19,20)(H,21,22). The number of fused-ring (bicyclic) bond motifs is 1. The van der Waals surface area contributed by atoms with Crippen molar-refractivity contribution in [1.29, 1.82) is 0 Å². The van der Waals surface area contributed by atoms with E-state index in [1.165, 1.54) is 0 Å². The molecule has 0 aliphatic carbocycles. The highest BCUT2D eigenvalue weighted by atomic mass is 32.2. The number of rotatable bonds is 8. The molecule has 0 bridgehead atoms. The molecule has 2 aromatic rings. The minimum Gasteiger partial charge on any atom is -0.480 e. The van der Waals surface area contributed by atoms with Gasteiger partial charge in [-0.2, -0.15) is 0 Å². The molecule has 1 aromatic heterocycles. The summed E-state index contributed by atoms with van der Waals surface area (Å²) in [5, 5.41) is 12.6. The summed E-state index contributed by atoms with van der Waals surface area (Å²) in [5.41, 5.74) is 1.61. The number of H-pyrrole nitrogens is 1. The van der Waals surface area contributed by atoms with Gasteiger partial charge in [0.15, 0.2) is 9.84 Å². The molecule has 1 heterocycles. The number of para-hydroxylation sites is 1. The predicted molar refractivity (Wildman–Crippen MR) is 95.1 cm³/mol. The van der Waals surface area contributed by atoms with Gasteiger partial charge in [0, 0.05) is 23.5 Å². The fraction of sp³-hybridized carbons (Fsp3) is 0.412. The zero-order valence-corrected chi connectivity index (χ0v) is 15.0. The Bertz CT molecular complexity index is 870. The van der Waals surface area contributed by atoms with E-state index in [2.05, 4.69) is 10.3 Å². The molecule has 0 spiro atoms. The molecule has 8 heteroatoms. The molecule has 0 fully saturated rings. The van der Waals surface area contributed by atoms with Crippen molar-refractivity contribution in [2.24, 2.45) is 5.92 Å². The number of carbonyl (C=O) groups is 2. The van der Waals surface area contributed by atoms with Crippen molar-refractivity contribution in [2.45, 2.75) is 26.3 Å². The lowest BCUT2D eigenvalue weighted by Crippen LogP contribution is -2.45. The maximum Gasteiger partial charge on any atom is 0.326 e. The largest absolute Gasteiger partial charge is 0.480 e. The van der Waals surface area contributed by atoms with E-state index >= 15 is 0 Å². The molecule has 136 valence electrons. The molecule has 1 aromatic carbocycles. The van der Waals surface area contributed by atoms with Crippen molar-refractivity contribution in [3.63, 3.8) is 0 Å². The number of aliphatic carboxylic acids is 1. The number of hydrogen-bond acceptors (Lipinski definition) is 4. The minimum atomic E-state index is -3.56. The Morgan fingerprint density at radius 2 is 1.92 bits per heavy atom. The first-order valence-electron chi connectivity index (χ1n) is 7.95. The molecule has 0 saturated carbocycles. The highest BCUT2D eigenvalue weighted by Crippen LogP contribution is 2.19. The fourth-order valence-electron chi connectivity index (χ4n) is 2.72. The molecule has 1 unspecified atom stereocenters. The van der Waals surface area contributed by atoms with Gasteiger partial charge in [-0.15, -0.1) is 0 Å². The molecule has 7 nitrogen and oxygen atoms in total. The number of hydrogen-bond donors (Lipinski definition) is 3. The number of carboxylic acid groups (broad SMARTS) is 1. The summed E-state index contributed by atoms with van der Waals surface area (Å²) in [4.78, 5) is 26.5. The van der Waals surface area contributed by atoms with Gasteiger partial charge in [0.05, 0.1) is 5.75 Å². The van der Waals surface area contributed by atoms with Gasteiger partial charge < -0.3 is 15.4 Å². The number of sulfone groups is 1. The van der Waals surface area contributed by atoms with Gasteiger partial charge in [0.25, 0.3) is 0 Å². The molecule has 1 atom stereocenters. The summed E-state index contributed by atoms with van der Waals surface area (Å²) in [5.74, 6) is -2.92. The number of aromatic amines is 1. The van der Waals surface area contributed by atoms with Crippen molar-refractivity contribution in [3.05, 3.63) is 36.0 Å². The number of aromatic nitrogens is 1. The second-order valence-corrected chi connectivity index (χ2v) is 8.58. The molecule has 0 aliphatic rings. The van der Waals surface area contributed by atoms with Crippen LogP contribution < -0.4 is 5.32 Å². The Morgan fingerprint density at radius 3 is 2.56 bits per heavy atom. The fourth-order valence-corrected chi connectivity index (χ4v) is 4.34. The number of nitrogens with one attached hydrogen (secondary N) is 2. The van der Waals surface area contributed by atoms with E-state index in [4.69, 9.17) is 0 Å². The van der Waals surface area contributed by atoms with E-state index in [0.29, 0.717) is 0 Å². The highest BCUT2D eigenvalue weighted by Gasteiger charge is 2.25. The second kappa shape index (κ2) is 7.69. The third-order valence-corrected chi connectivity index (χ3v) is 5.55. The van der Waals surface area contributed by atoms with Crippen LogP contribution in [0.25, 0.3) is 10.9 Å². The van der Waals surface area contributed by atoms with E-state index in [0.717, 1.165) is 16.5 Å². The lowest BCUT2D eigenvalue weighted by atomic mass is 10.1. The predicted octanol–water partition coefficient (Wildman–Crippen LogP) is 1.35. The summed E-state index contributed by atoms with van der Waals surface area (Å²) in [6, 6.07) is 6.23. The van der Waals surface area contributed by atoms with Gasteiger partial charge >= 0.3 is 5.97 Å². The topological polar surface area (TPSA) is 116 Å². The van der Waals surface area contributed by atoms with Crippen LogP contribution in [0.1, 0.15) is 19.4 Å². The lowest BCUT2D eigenvalue weighted by molar-refractivity contribution is -0.141. The lowest BCUT2D eigenvalue weighted by Gasteiger charge is -2.15. The third kappa shape index (κ3) is 5.32. The SMILES string of the molecule is CC(C)CS(=O)(=O)CC(=O)NC(Cc1c[nH]c2ccccc12)C(=O)O. The van der Waals surface area contributed by atoms with Gasteiger partial charge in [0.1, 0.15) is 11.8 Å². The van der Waals surface area contributed by atoms with Crippen LogP contribution in [0, 0.1) is 5.92 Å². The number of benzene rings is 1. The summed E-state index contributed by atoms with van der Waals surface area (Å²) in [6.45, 7) is 3.49. The Labute approximate surface area is 146 Å². The van der Waals surface area contributed by atoms with Crippen LogP contribution >= 0.6 is 0 Å². The van der Waals surface area contributed by atoms with Crippen LogP contribution in [-0.4, -0.2) is 47.9 Å². The molecule has 25 heavy (non-hydrogen) atoms. The second-order valence-electron chi connectivity index (χ2n) is 6.47. The summed E-state index contributed by atoms with van der Waals surface area (Å²) >= 11 is 0. The smallest absolute Gasteiger partial charge is 0.326 e. The van der Waals surface area contributed by atoms with Crippen LogP contribution in [0.15, 0.2) is 30.5 Å². The normalized spacial score (nSPS) is 13.1. The average molecular weight is 366 g/mol. The summed E-state index contributed by atoms with van der Waals surface area (Å²) in [7, 11) is -3.56. The van der Waals surface area contributed by atoms with E-state index in [-0.39, 0.29) is 18.1 Å². The van der Waals surface area contributed by atoms with Crippen molar-refractivity contribution >= 4 is 32.6 Å². The Kier molecular flexibility index (Phi) is 5.84. The molecule has 3 N–H and O–H groups in total. The molecule has 2 rings (SSSR count). The first kappa shape index (κ1) is 19.0. The van der Waals surface area contributed by atoms with Gasteiger partial charge in [-0.1, -0.05) is 32.0 Å². The van der Waals surface area contributed by atoms with E-state index < -0.39 is 33.5 Å². The number of carbonyl (C=O) groups excluding carboxylic acids is 1. The van der Waals surface area contributed by atoms with Gasteiger partial charge in [-0.25, -0.2) is 13.2 Å². The van der Waals surface area contributed by atoms with Crippen LogP contribution in [0.3, 0.4) is 0 Å². The Hall–Kier alpha value is -2.35. The number of amides is 1. The molecule has 0 saturated heterocycles. The van der Waals surface area contributed by atoms with Crippen molar-refractivity contribution in [1.82, 2.24) is 10.3 Å². The molecule has 0 aliphatic heterocycles. The third-order valence-electron chi connectivity index (χ3n) is 3.67. The Balaban J connectivity index is 2.08. The van der Waals surface area contributed by atoms with Crippen LogP contribution in [0.4, 0.5) is 0 Å². The summed E-state index contributed by atoms with van der Waals surface area (Å²) < 4.78 is 23.8. The van der Waals surface area contributed by atoms with Crippen LogP contribution in [0.5, 0.6) is 0 Å². The van der Waals surface area contributed by atoms with Crippen molar-refractivity contribution in [3.8, 4) is 0 Å². The maximum atomic E-state index is 12.0. The van der Waals surface area contributed by atoms with Gasteiger partial charge in [0.2, 0.25) is 5.91 Å². The average Bonchev–Trinajstić information content (AvgIpc) is 2.87. The van der Waals surface area contributed by atoms with E-state index in [1.807, 2.05) is 24.3 Å². The zero-order chi connectivity index (χ0) is 18.6. The first-order chi connectivity index (χ1) is 11.7. The number of carboxylic acids is 1. The van der Waals surface area contributed by atoms with Crippen LogP contribution in [-0.2, 0) is 25.8 Å². The summed E-state index contributed by atoms with van der Waals surface area (Å²) in [6.07, 6.45) is 1.76. The van der Waals surface area contributed by atoms with Crippen molar-refractivity contribution < 1.29 is 23.1 Å². The molecule has 1 amide bonds. The van der Waals surface area contributed by atoms with Crippen LogP contribution in [0.2, 0.25) is 0 Å². The quantitative estimate of drug-likeness (QED) is 0.652. The minimum absolute atomic E-state index is 0.0648. The molecule has 0 radical (unpaired) electrons. The van der Waals surface area contributed by atoms with Gasteiger partial charge in [-0.05, 0) is 17.5 Å². The Morgan fingerprint density at radius 1 is 1.24 bits per heavy atom. The highest BCUT2D eigenvalue weighted by molar-refractivity contribution is 7.92. The van der Waals surface area contributed by atoms with Crippen molar-refractivity contribution in [2.75, 3.05) is 11.5 Å². The van der Waals surface area contributed by atoms with Gasteiger partial charge in [-0.3, -0.25) is 4.79 Å².